The van der Waals surface area contributed by atoms with Crippen molar-refractivity contribution in [1.29, 1.82) is 0 Å². The summed E-state index contributed by atoms with van der Waals surface area (Å²) in [6.07, 6.45) is 0. The molecular weight excluding hydrogens is 627 g/mol. The van der Waals surface area contributed by atoms with Gasteiger partial charge in [-0.2, -0.15) is 0 Å². The van der Waals surface area contributed by atoms with Crippen LogP contribution in [-0.4, -0.2) is 0 Å². The molecule has 1 nitrogen and oxygen atoms in total. The SMILES string of the molecule is Nc1ccccc1[PH+](c1ccccc1)c1ccccc1.[CH3-].[Pd].c1ccc([PH+](c2ccccc2)c2ccccc2)cc1. The van der Waals surface area contributed by atoms with Gasteiger partial charge in [0.2, 0.25) is 0 Å². The van der Waals surface area contributed by atoms with Gasteiger partial charge in [0.1, 0.15) is 39.7 Å². The predicted octanol–water partition coefficient (Wildman–Crippen LogP) is 6.38. The van der Waals surface area contributed by atoms with Crippen molar-refractivity contribution in [2.75, 3.05) is 5.73 Å². The van der Waals surface area contributed by atoms with Crippen LogP contribution < -0.4 is 37.6 Å². The van der Waals surface area contributed by atoms with Crippen LogP contribution in [0.15, 0.2) is 176 Å². The number of nitrogen functional groups attached to an aromatic ring is 1. The summed E-state index contributed by atoms with van der Waals surface area (Å²) in [6, 6.07) is 62.0. The van der Waals surface area contributed by atoms with Crippen LogP contribution in [0.5, 0.6) is 0 Å². The van der Waals surface area contributed by atoms with Gasteiger partial charge in [-0.25, -0.2) is 0 Å². The maximum Gasteiger partial charge on any atom is 0.125 e. The number of hydrogen-bond donors (Lipinski definition) is 1. The molecule has 2 N–H and O–H groups in total. The first-order valence-electron chi connectivity index (χ1n) is 13.2. The van der Waals surface area contributed by atoms with Crippen LogP contribution in [0.1, 0.15) is 0 Å². The fourth-order valence-corrected chi connectivity index (χ4v) is 9.95. The molecule has 0 bridgehead atoms. The fraction of sp³-hybridized carbons (Fsp3) is 0. The largest absolute Gasteiger partial charge is 0.396 e. The summed E-state index contributed by atoms with van der Waals surface area (Å²) in [4.78, 5) is 0. The van der Waals surface area contributed by atoms with Gasteiger partial charge >= 0.3 is 0 Å². The van der Waals surface area contributed by atoms with E-state index in [4.69, 9.17) is 5.73 Å². The van der Waals surface area contributed by atoms with E-state index in [9.17, 15) is 0 Å². The Bertz CT molecular complexity index is 1420. The van der Waals surface area contributed by atoms with Gasteiger partial charge in [-0.3, -0.25) is 0 Å². The van der Waals surface area contributed by atoms with Gasteiger partial charge in [0.05, 0.1) is 13.6 Å². The van der Waals surface area contributed by atoms with Crippen LogP contribution in [0.25, 0.3) is 0 Å². The van der Waals surface area contributed by atoms with Gasteiger partial charge in [0.25, 0.3) is 0 Å². The van der Waals surface area contributed by atoms with E-state index < -0.39 is 15.8 Å². The van der Waals surface area contributed by atoms with Crippen LogP contribution in [0, 0.1) is 7.43 Å². The second-order valence-corrected chi connectivity index (χ2v) is 14.1. The van der Waals surface area contributed by atoms with Crippen molar-refractivity contribution in [3.8, 4) is 0 Å². The fourth-order valence-electron chi connectivity index (χ4n) is 4.73. The van der Waals surface area contributed by atoms with E-state index in [0.717, 1.165) is 5.69 Å². The van der Waals surface area contributed by atoms with Gasteiger partial charge in [0.15, 0.2) is 0 Å². The van der Waals surface area contributed by atoms with E-state index in [0.29, 0.717) is 0 Å². The molecule has 0 radical (unpaired) electrons. The molecular formula is C37H36NP2Pd+. The van der Waals surface area contributed by atoms with Crippen LogP contribution in [0.4, 0.5) is 5.69 Å². The van der Waals surface area contributed by atoms with Crippen molar-refractivity contribution in [2.24, 2.45) is 0 Å². The van der Waals surface area contributed by atoms with Crippen molar-refractivity contribution in [2.45, 2.75) is 0 Å². The average molecular weight is 663 g/mol. The Hall–Kier alpha value is -3.36. The Labute approximate surface area is 261 Å². The summed E-state index contributed by atoms with van der Waals surface area (Å²) in [5.41, 5.74) is 7.11. The molecule has 0 atom stereocenters. The Morgan fingerprint density at radius 1 is 0.317 bits per heavy atom. The Kier molecular flexibility index (Phi) is 13.2. The number of anilines is 1. The number of benzene rings is 6. The minimum Gasteiger partial charge on any atom is -0.396 e. The first-order chi connectivity index (χ1) is 19.3. The Morgan fingerprint density at radius 2 is 0.561 bits per heavy atom. The molecule has 0 amide bonds. The molecule has 0 spiro atoms. The maximum atomic E-state index is 6.22. The molecule has 41 heavy (non-hydrogen) atoms. The van der Waals surface area contributed by atoms with Crippen LogP contribution in [-0.2, 0) is 20.4 Å². The molecule has 0 heterocycles. The van der Waals surface area contributed by atoms with E-state index in [1.54, 1.807) is 0 Å². The molecule has 0 fully saturated rings. The standard InChI is InChI=1S/C18H16NP.C18H15P.CH3.Pd/c19-17-13-7-8-14-18(17)20(15-9-3-1-4-10-15)16-11-5-2-6-12-16;1-4-10-16(11-5-1)19(17-12-6-2-7-13-17)18-14-8-3-9-15-18;;/h1-14H,19H2;1-15H;1H3;/q;;-1;/p+2. The third-order valence-corrected chi connectivity index (χ3v) is 12.1. The molecule has 0 saturated heterocycles. The summed E-state index contributed by atoms with van der Waals surface area (Å²) in [6.45, 7) is 0. The molecule has 0 aliphatic heterocycles. The van der Waals surface area contributed by atoms with Crippen LogP contribution in [0.2, 0.25) is 0 Å². The van der Waals surface area contributed by atoms with E-state index >= 15 is 0 Å². The molecule has 208 valence electrons. The average Bonchev–Trinajstić information content (AvgIpc) is 3.02. The summed E-state index contributed by atoms with van der Waals surface area (Å²) >= 11 is 0. The number of nitrogens with two attached hydrogens (primary N) is 1. The molecule has 0 aliphatic carbocycles. The first-order valence-corrected chi connectivity index (χ1v) is 16.2. The quantitative estimate of drug-likeness (QED) is 0.0953. The van der Waals surface area contributed by atoms with E-state index in [1.165, 1.54) is 31.8 Å². The van der Waals surface area contributed by atoms with Gasteiger partial charge < -0.3 is 13.2 Å². The molecule has 6 rings (SSSR count). The third kappa shape index (κ3) is 8.57. The summed E-state index contributed by atoms with van der Waals surface area (Å²) in [5, 5.41) is 8.29. The van der Waals surface area contributed by atoms with Gasteiger partial charge in [-0.05, 0) is 72.8 Å². The minimum atomic E-state index is -1.03. The monoisotopic (exact) mass is 662 g/mol. The smallest absolute Gasteiger partial charge is 0.125 e. The van der Waals surface area contributed by atoms with E-state index in [1.807, 2.05) is 12.1 Å². The van der Waals surface area contributed by atoms with Crippen LogP contribution >= 0.6 is 15.8 Å². The van der Waals surface area contributed by atoms with Crippen LogP contribution in [0.3, 0.4) is 0 Å². The Morgan fingerprint density at radius 3 is 0.854 bits per heavy atom. The van der Waals surface area contributed by atoms with Gasteiger partial charge in [-0.1, -0.05) is 103 Å². The van der Waals surface area contributed by atoms with Gasteiger partial charge in [-0.15, -0.1) is 0 Å². The third-order valence-electron chi connectivity index (χ3n) is 6.54. The van der Waals surface area contributed by atoms with E-state index in [2.05, 4.69) is 164 Å². The molecule has 6 aromatic rings. The summed E-state index contributed by atoms with van der Waals surface area (Å²) < 4.78 is 0. The molecule has 0 unspecified atom stereocenters. The van der Waals surface area contributed by atoms with Crippen molar-refractivity contribution < 1.29 is 20.4 Å². The van der Waals surface area contributed by atoms with Crippen molar-refractivity contribution in [3.63, 3.8) is 0 Å². The Balaban J connectivity index is 0.000000215. The van der Waals surface area contributed by atoms with Crippen molar-refractivity contribution >= 4 is 53.4 Å². The van der Waals surface area contributed by atoms with Crippen molar-refractivity contribution in [3.05, 3.63) is 183 Å². The number of hydrogen-bond acceptors (Lipinski definition) is 1. The second kappa shape index (κ2) is 16.8. The molecule has 4 heteroatoms. The number of para-hydroxylation sites is 1. The zero-order valence-corrected chi connectivity index (χ0v) is 26.7. The topological polar surface area (TPSA) is 26.0 Å². The molecule has 0 aliphatic rings. The van der Waals surface area contributed by atoms with Crippen molar-refractivity contribution in [1.82, 2.24) is 0 Å². The molecule has 0 aromatic heterocycles. The molecule has 0 saturated carbocycles. The zero-order chi connectivity index (χ0) is 26.7. The van der Waals surface area contributed by atoms with E-state index in [-0.39, 0.29) is 27.8 Å². The normalized spacial score (nSPS) is 10.1. The summed E-state index contributed by atoms with van der Waals surface area (Å²) in [5.74, 6) is 0. The molecule has 6 aromatic carbocycles. The minimum absolute atomic E-state index is 0. The second-order valence-electron chi connectivity index (χ2n) is 9.17. The first kappa shape index (κ1) is 32.2. The number of rotatable bonds is 6. The summed E-state index contributed by atoms with van der Waals surface area (Å²) in [7, 11) is -1.91. The van der Waals surface area contributed by atoms with Gasteiger partial charge in [0, 0.05) is 20.4 Å². The maximum absolute atomic E-state index is 6.22. The predicted molar refractivity (Wildman–Crippen MR) is 184 cm³/mol. The zero-order valence-electron chi connectivity index (χ0n) is 23.1.